The van der Waals surface area contributed by atoms with Gasteiger partial charge < -0.3 is 14.5 Å². The number of aromatic nitrogens is 2. The van der Waals surface area contributed by atoms with E-state index in [1.54, 1.807) is 42.5 Å². The Morgan fingerprint density at radius 3 is 2.51 bits per heavy atom. The fraction of sp³-hybridized carbons (Fsp3) is 0.160. The number of rotatable bonds is 8. The van der Waals surface area contributed by atoms with E-state index in [9.17, 15) is 18.0 Å². The minimum Gasteiger partial charge on any atom is -0.493 e. The van der Waals surface area contributed by atoms with Crippen LogP contribution in [0.25, 0.3) is 11.5 Å². The van der Waals surface area contributed by atoms with Gasteiger partial charge in [-0.15, -0.1) is 10.2 Å². The van der Waals surface area contributed by atoms with Crippen LogP contribution in [-0.4, -0.2) is 22.7 Å². The third kappa shape index (κ3) is 6.02. The number of alkyl halides is 3. The van der Waals surface area contributed by atoms with E-state index in [0.717, 1.165) is 23.9 Å². The molecule has 0 spiro atoms. The average Bonchev–Trinajstić information content (AvgIpc) is 3.32. The summed E-state index contributed by atoms with van der Waals surface area (Å²) in [6.07, 6.45) is -4.52. The summed E-state index contributed by atoms with van der Waals surface area (Å²) in [7, 11) is 0. The molecule has 1 heterocycles. The largest absolute Gasteiger partial charge is 0.493 e. The van der Waals surface area contributed by atoms with Crippen LogP contribution in [0.5, 0.6) is 5.75 Å². The maximum atomic E-state index is 13.2. The number of para-hydroxylation sites is 1. The summed E-state index contributed by atoms with van der Waals surface area (Å²) >= 11 is 0.998. The number of hydrogen-bond acceptors (Lipinski definition) is 6. The normalized spacial score (nSPS) is 12.2. The van der Waals surface area contributed by atoms with Crippen LogP contribution in [0.3, 0.4) is 0 Å². The quantitative estimate of drug-likeness (QED) is 0.274. The van der Waals surface area contributed by atoms with E-state index in [1.807, 2.05) is 19.1 Å². The lowest BCUT2D eigenvalue weighted by molar-refractivity contribution is -0.137. The Labute approximate surface area is 203 Å². The maximum Gasteiger partial charge on any atom is 0.416 e. The number of amides is 1. The smallest absolute Gasteiger partial charge is 0.416 e. The fourth-order valence-corrected chi connectivity index (χ4v) is 4.15. The van der Waals surface area contributed by atoms with E-state index < -0.39 is 22.9 Å². The van der Waals surface area contributed by atoms with Crippen molar-refractivity contribution in [2.75, 3.05) is 11.9 Å². The highest BCUT2D eigenvalue weighted by molar-refractivity contribution is 8.00. The number of halogens is 3. The average molecular weight is 500 g/mol. The first-order valence-corrected chi connectivity index (χ1v) is 11.5. The number of nitrogens with one attached hydrogen (secondary N) is 1. The number of anilines is 1. The van der Waals surface area contributed by atoms with Crippen LogP contribution in [0.2, 0.25) is 0 Å². The second-order valence-corrected chi connectivity index (χ2v) is 8.34. The van der Waals surface area contributed by atoms with Crippen molar-refractivity contribution >= 4 is 23.4 Å². The van der Waals surface area contributed by atoms with Gasteiger partial charge in [0.05, 0.1) is 17.7 Å². The van der Waals surface area contributed by atoms with Gasteiger partial charge in [-0.2, -0.15) is 13.2 Å². The van der Waals surface area contributed by atoms with Gasteiger partial charge in [-0.25, -0.2) is 0 Å². The molecule has 0 aliphatic heterocycles. The summed E-state index contributed by atoms with van der Waals surface area (Å²) in [5, 5.41) is 9.97. The molecule has 0 aliphatic rings. The van der Waals surface area contributed by atoms with E-state index in [0.29, 0.717) is 23.5 Å². The van der Waals surface area contributed by atoms with Crippen LogP contribution in [-0.2, 0) is 11.0 Å². The van der Waals surface area contributed by atoms with E-state index in [4.69, 9.17) is 9.15 Å². The molecule has 1 N–H and O–H groups in total. The van der Waals surface area contributed by atoms with E-state index >= 15 is 0 Å². The van der Waals surface area contributed by atoms with Crippen molar-refractivity contribution < 1.29 is 27.1 Å². The summed E-state index contributed by atoms with van der Waals surface area (Å²) in [5.74, 6) is 0.272. The highest BCUT2D eigenvalue weighted by Gasteiger charge is 2.31. The molecule has 0 saturated heterocycles. The molecular formula is C25H20F3N3O3S. The summed E-state index contributed by atoms with van der Waals surface area (Å²) in [6, 6.07) is 20.5. The number of thioether (sulfide) groups is 1. The molecule has 3 aromatic carbocycles. The van der Waals surface area contributed by atoms with E-state index in [2.05, 4.69) is 15.5 Å². The number of ether oxygens (including phenoxy) is 1. The van der Waals surface area contributed by atoms with Gasteiger partial charge in [-0.05, 0) is 54.6 Å². The van der Waals surface area contributed by atoms with Crippen molar-refractivity contribution in [3.8, 4) is 17.2 Å². The maximum absolute atomic E-state index is 13.2. The SMILES string of the molecule is CCOc1ccccc1-c1nnc(S[C@H](C(=O)Nc2cccc(C(F)(F)F)c2)c2ccccc2)o1. The molecule has 0 unspecified atom stereocenters. The highest BCUT2D eigenvalue weighted by atomic mass is 32.2. The third-order valence-corrected chi connectivity index (χ3v) is 5.93. The topological polar surface area (TPSA) is 77.2 Å². The Balaban J connectivity index is 1.59. The zero-order valence-corrected chi connectivity index (χ0v) is 19.3. The van der Waals surface area contributed by atoms with Crippen LogP contribution < -0.4 is 10.1 Å². The molecular weight excluding hydrogens is 479 g/mol. The van der Waals surface area contributed by atoms with Crippen molar-refractivity contribution in [1.82, 2.24) is 10.2 Å². The van der Waals surface area contributed by atoms with Crippen molar-refractivity contribution in [3.63, 3.8) is 0 Å². The molecule has 1 atom stereocenters. The molecule has 35 heavy (non-hydrogen) atoms. The van der Waals surface area contributed by atoms with Gasteiger partial charge in [0.2, 0.25) is 5.91 Å². The van der Waals surface area contributed by atoms with Gasteiger partial charge in [0, 0.05) is 5.69 Å². The minimum atomic E-state index is -4.52. The van der Waals surface area contributed by atoms with E-state index in [1.165, 1.54) is 12.1 Å². The van der Waals surface area contributed by atoms with Gasteiger partial charge in [0.1, 0.15) is 11.0 Å². The number of hydrogen-bond donors (Lipinski definition) is 1. The van der Waals surface area contributed by atoms with Crippen molar-refractivity contribution in [2.45, 2.75) is 23.6 Å². The zero-order chi connectivity index (χ0) is 24.8. The molecule has 0 bridgehead atoms. The standard InChI is InChI=1S/C25H20F3N3O3S/c1-2-33-20-14-7-6-13-19(20)23-30-31-24(34-23)35-21(16-9-4-3-5-10-16)22(32)29-18-12-8-11-17(15-18)25(26,27)28/h3-15,21H,2H2,1H3,(H,29,32)/t21-/m0/s1. The monoisotopic (exact) mass is 499 g/mol. The lowest BCUT2D eigenvalue weighted by Crippen LogP contribution is -2.19. The Kier molecular flexibility index (Phi) is 7.40. The predicted molar refractivity (Wildman–Crippen MR) is 126 cm³/mol. The third-order valence-electron chi connectivity index (χ3n) is 4.84. The predicted octanol–water partition coefficient (Wildman–Crippen LogP) is 6.63. The number of nitrogens with zero attached hydrogens (tertiary/aromatic N) is 2. The lowest BCUT2D eigenvalue weighted by atomic mass is 10.1. The van der Waals surface area contributed by atoms with E-state index in [-0.39, 0.29) is 16.8 Å². The summed E-state index contributed by atoms with van der Waals surface area (Å²) in [4.78, 5) is 13.2. The summed E-state index contributed by atoms with van der Waals surface area (Å²) in [6.45, 7) is 2.32. The Bertz CT molecular complexity index is 1300. The van der Waals surface area contributed by atoms with Crippen LogP contribution in [0, 0.1) is 0 Å². The molecule has 0 radical (unpaired) electrons. The molecule has 1 amide bonds. The van der Waals surface area contributed by atoms with Crippen LogP contribution in [0.15, 0.2) is 88.5 Å². The molecule has 10 heteroatoms. The molecule has 4 rings (SSSR count). The summed E-state index contributed by atoms with van der Waals surface area (Å²) < 4.78 is 50.7. The van der Waals surface area contributed by atoms with Gasteiger partial charge in [-0.3, -0.25) is 4.79 Å². The first-order chi connectivity index (χ1) is 16.8. The Morgan fingerprint density at radius 2 is 1.77 bits per heavy atom. The first kappa shape index (κ1) is 24.3. The number of benzene rings is 3. The van der Waals surface area contributed by atoms with Crippen LogP contribution in [0.1, 0.15) is 23.3 Å². The fourth-order valence-electron chi connectivity index (χ4n) is 3.27. The minimum absolute atomic E-state index is 0.0308. The molecule has 4 aromatic rings. The Hall–Kier alpha value is -3.79. The van der Waals surface area contributed by atoms with Gasteiger partial charge in [0.15, 0.2) is 0 Å². The summed E-state index contributed by atoms with van der Waals surface area (Å²) in [5.41, 5.74) is 0.409. The van der Waals surface area contributed by atoms with Gasteiger partial charge in [0.25, 0.3) is 11.1 Å². The number of carbonyl (C=O) groups is 1. The molecule has 0 fully saturated rings. The molecule has 6 nitrogen and oxygen atoms in total. The van der Waals surface area contributed by atoms with Gasteiger partial charge in [-0.1, -0.05) is 48.5 Å². The van der Waals surface area contributed by atoms with Crippen molar-refractivity contribution in [2.24, 2.45) is 0 Å². The molecule has 180 valence electrons. The van der Waals surface area contributed by atoms with Crippen molar-refractivity contribution in [3.05, 3.63) is 90.0 Å². The zero-order valence-electron chi connectivity index (χ0n) is 18.5. The molecule has 1 aromatic heterocycles. The molecule has 0 aliphatic carbocycles. The second-order valence-electron chi connectivity index (χ2n) is 7.28. The second kappa shape index (κ2) is 10.6. The molecule has 0 saturated carbocycles. The van der Waals surface area contributed by atoms with Gasteiger partial charge >= 0.3 is 6.18 Å². The first-order valence-electron chi connectivity index (χ1n) is 10.6. The number of carbonyl (C=O) groups excluding carboxylic acids is 1. The lowest BCUT2D eigenvalue weighted by Gasteiger charge is -2.16. The van der Waals surface area contributed by atoms with Crippen LogP contribution >= 0.6 is 11.8 Å². The van der Waals surface area contributed by atoms with Crippen molar-refractivity contribution in [1.29, 1.82) is 0 Å². The Morgan fingerprint density at radius 1 is 1.03 bits per heavy atom. The highest BCUT2D eigenvalue weighted by Crippen LogP contribution is 2.38. The van der Waals surface area contributed by atoms with Crippen LogP contribution in [0.4, 0.5) is 18.9 Å².